The van der Waals surface area contributed by atoms with Gasteiger partial charge in [0.15, 0.2) is 0 Å². The van der Waals surface area contributed by atoms with Gasteiger partial charge in [-0.2, -0.15) is 0 Å². The first-order chi connectivity index (χ1) is 12.6. The van der Waals surface area contributed by atoms with Gasteiger partial charge in [-0.25, -0.2) is 0 Å². The van der Waals surface area contributed by atoms with Gasteiger partial charge in [0.1, 0.15) is 11.3 Å². The molecule has 0 aliphatic heterocycles. The molecule has 1 unspecified atom stereocenters. The number of amides is 1. The van der Waals surface area contributed by atoms with Crippen molar-refractivity contribution in [2.75, 3.05) is 12.4 Å². The standard InChI is InChI=1S/C20H27N2O4P/c1-14-10-9-11-15(2)17(14)21-19(23)18(16-12-7-6-8-13-16)22-20(3,4)27(24,25)26-5/h6-13,18,22H,1-5H3,(H,21,23)(H,24,25)/t18-/m1/s1. The Kier molecular flexibility index (Phi) is 6.60. The molecule has 1 amide bonds. The number of benzene rings is 2. The summed E-state index contributed by atoms with van der Waals surface area (Å²) in [6.07, 6.45) is 0. The highest BCUT2D eigenvalue weighted by Crippen LogP contribution is 2.53. The first-order valence-electron chi connectivity index (χ1n) is 8.67. The van der Waals surface area contributed by atoms with Crippen LogP contribution in [0.25, 0.3) is 0 Å². The zero-order valence-electron chi connectivity index (χ0n) is 16.3. The van der Waals surface area contributed by atoms with Gasteiger partial charge < -0.3 is 14.7 Å². The summed E-state index contributed by atoms with van der Waals surface area (Å²) >= 11 is 0. The molecule has 0 spiro atoms. The average molecular weight is 390 g/mol. The molecule has 0 saturated heterocycles. The molecular formula is C20H27N2O4P. The highest BCUT2D eigenvalue weighted by Gasteiger charge is 2.43. The fraction of sp³-hybridized carbons (Fsp3) is 0.350. The predicted molar refractivity (Wildman–Crippen MR) is 108 cm³/mol. The molecule has 0 fully saturated rings. The van der Waals surface area contributed by atoms with Crippen molar-refractivity contribution in [1.82, 2.24) is 5.32 Å². The van der Waals surface area contributed by atoms with E-state index in [1.165, 1.54) is 7.11 Å². The van der Waals surface area contributed by atoms with E-state index in [2.05, 4.69) is 10.6 Å². The Balaban J connectivity index is 2.39. The van der Waals surface area contributed by atoms with Crippen LogP contribution in [0.2, 0.25) is 0 Å². The highest BCUT2D eigenvalue weighted by atomic mass is 31.2. The maximum atomic E-state index is 13.1. The van der Waals surface area contributed by atoms with Crippen LogP contribution in [0.1, 0.15) is 36.6 Å². The van der Waals surface area contributed by atoms with Gasteiger partial charge >= 0.3 is 7.60 Å². The molecule has 3 N–H and O–H groups in total. The minimum atomic E-state index is -3.98. The molecular weight excluding hydrogens is 363 g/mol. The fourth-order valence-corrected chi connectivity index (χ4v) is 3.56. The van der Waals surface area contributed by atoms with Crippen LogP contribution in [-0.2, 0) is 13.9 Å². The molecule has 0 heterocycles. The maximum Gasteiger partial charge on any atom is 0.347 e. The minimum absolute atomic E-state index is 0.317. The van der Waals surface area contributed by atoms with Crippen LogP contribution in [0.4, 0.5) is 5.69 Å². The van der Waals surface area contributed by atoms with Gasteiger partial charge in [-0.05, 0) is 44.4 Å². The zero-order valence-corrected chi connectivity index (χ0v) is 17.2. The summed E-state index contributed by atoms with van der Waals surface area (Å²) in [5.41, 5.74) is 3.31. The van der Waals surface area contributed by atoms with Crippen molar-refractivity contribution in [3.8, 4) is 0 Å². The third kappa shape index (κ3) is 4.85. The van der Waals surface area contributed by atoms with Crippen molar-refractivity contribution >= 4 is 19.2 Å². The number of carbonyl (C=O) groups excluding carboxylic acids is 1. The van der Waals surface area contributed by atoms with E-state index in [0.717, 1.165) is 16.8 Å². The van der Waals surface area contributed by atoms with Crippen LogP contribution in [0.15, 0.2) is 48.5 Å². The summed E-state index contributed by atoms with van der Waals surface area (Å²) in [5.74, 6) is -0.317. The second-order valence-corrected chi connectivity index (χ2v) is 9.53. The molecule has 146 valence electrons. The topological polar surface area (TPSA) is 87.7 Å². The SMILES string of the molecule is COP(=O)(O)C(C)(C)N[C@@H](C(=O)Nc1c(C)cccc1C)c1ccccc1. The Hall–Kier alpha value is -1.98. The predicted octanol–water partition coefficient (Wildman–Crippen LogP) is 4.14. The van der Waals surface area contributed by atoms with E-state index in [4.69, 9.17) is 4.52 Å². The number of para-hydroxylation sites is 1. The maximum absolute atomic E-state index is 13.1. The van der Waals surface area contributed by atoms with Crippen LogP contribution < -0.4 is 10.6 Å². The highest BCUT2D eigenvalue weighted by molar-refractivity contribution is 7.54. The van der Waals surface area contributed by atoms with E-state index in [0.29, 0.717) is 5.56 Å². The molecule has 2 rings (SSSR count). The van der Waals surface area contributed by atoms with Crippen molar-refractivity contribution in [2.45, 2.75) is 39.0 Å². The van der Waals surface area contributed by atoms with Crippen LogP contribution >= 0.6 is 7.60 Å². The monoisotopic (exact) mass is 390 g/mol. The Morgan fingerprint density at radius 2 is 1.63 bits per heavy atom. The van der Waals surface area contributed by atoms with E-state index in [9.17, 15) is 14.3 Å². The van der Waals surface area contributed by atoms with E-state index in [-0.39, 0.29) is 5.91 Å². The number of hydrogen-bond donors (Lipinski definition) is 3. The third-order valence-corrected chi connectivity index (χ3v) is 6.61. The van der Waals surface area contributed by atoms with E-state index >= 15 is 0 Å². The first kappa shape index (κ1) is 21.3. The Bertz CT molecular complexity index is 832. The quantitative estimate of drug-likeness (QED) is 0.619. The fourth-order valence-electron chi connectivity index (χ4n) is 2.82. The lowest BCUT2D eigenvalue weighted by Gasteiger charge is -2.33. The smallest absolute Gasteiger partial charge is 0.324 e. The van der Waals surface area contributed by atoms with Crippen molar-refractivity contribution in [3.05, 3.63) is 65.2 Å². The first-order valence-corrected chi connectivity index (χ1v) is 10.2. The van der Waals surface area contributed by atoms with Crippen molar-refractivity contribution in [2.24, 2.45) is 0 Å². The average Bonchev–Trinajstić information content (AvgIpc) is 2.63. The summed E-state index contributed by atoms with van der Waals surface area (Å²) in [7, 11) is -2.80. The third-order valence-electron chi connectivity index (χ3n) is 4.58. The lowest BCUT2D eigenvalue weighted by atomic mass is 10.0. The van der Waals surface area contributed by atoms with E-state index in [1.54, 1.807) is 26.0 Å². The van der Waals surface area contributed by atoms with Gasteiger partial charge in [-0.1, -0.05) is 48.5 Å². The molecule has 0 aliphatic rings. The van der Waals surface area contributed by atoms with Gasteiger partial charge in [0.05, 0.1) is 0 Å². The number of rotatable bonds is 7. The molecule has 0 aromatic heterocycles. The Labute approximate surface area is 160 Å². The number of anilines is 1. The Morgan fingerprint density at radius 3 is 2.15 bits per heavy atom. The molecule has 2 atom stereocenters. The van der Waals surface area contributed by atoms with E-state index in [1.807, 2.05) is 50.2 Å². The molecule has 27 heavy (non-hydrogen) atoms. The van der Waals surface area contributed by atoms with Crippen molar-refractivity contribution in [3.63, 3.8) is 0 Å². The molecule has 0 radical (unpaired) electrons. The largest absolute Gasteiger partial charge is 0.347 e. The lowest BCUT2D eigenvalue weighted by Crippen LogP contribution is -2.46. The summed E-state index contributed by atoms with van der Waals surface area (Å²) < 4.78 is 17.2. The second kappa shape index (κ2) is 8.36. The Morgan fingerprint density at radius 1 is 1.07 bits per heavy atom. The van der Waals surface area contributed by atoms with Gasteiger partial charge in [0.25, 0.3) is 0 Å². The normalized spacial score (nSPS) is 15.0. The molecule has 6 nitrogen and oxygen atoms in total. The number of hydrogen-bond acceptors (Lipinski definition) is 4. The molecule has 2 aromatic carbocycles. The van der Waals surface area contributed by atoms with Crippen molar-refractivity contribution < 1.29 is 18.8 Å². The zero-order chi connectivity index (χ0) is 20.2. The van der Waals surface area contributed by atoms with Crippen molar-refractivity contribution in [1.29, 1.82) is 0 Å². The number of aryl methyl sites for hydroxylation is 2. The number of nitrogens with one attached hydrogen (secondary N) is 2. The summed E-state index contributed by atoms with van der Waals surface area (Å²) in [4.78, 5) is 23.3. The van der Waals surface area contributed by atoms with Gasteiger partial charge in [-0.15, -0.1) is 0 Å². The summed E-state index contributed by atoms with van der Waals surface area (Å²) in [5, 5.41) is 4.63. The molecule has 0 aliphatic carbocycles. The van der Waals surface area contributed by atoms with Gasteiger partial charge in [-0.3, -0.25) is 14.7 Å². The van der Waals surface area contributed by atoms with Gasteiger partial charge in [0, 0.05) is 12.8 Å². The van der Waals surface area contributed by atoms with Crippen LogP contribution in [-0.4, -0.2) is 23.2 Å². The second-order valence-electron chi connectivity index (χ2n) is 7.01. The molecule has 0 saturated carbocycles. The lowest BCUT2D eigenvalue weighted by molar-refractivity contribution is -0.118. The molecule has 7 heteroatoms. The van der Waals surface area contributed by atoms with E-state index < -0.39 is 18.9 Å². The summed E-state index contributed by atoms with van der Waals surface area (Å²) in [6.45, 7) is 6.92. The molecule has 0 bridgehead atoms. The van der Waals surface area contributed by atoms with Crippen LogP contribution in [0, 0.1) is 13.8 Å². The summed E-state index contributed by atoms with van der Waals surface area (Å²) in [6, 6.07) is 14.0. The van der Waals surface area contributed by atoms with Crippen LogP contribution in [0.3, 0.4) is 0 Å². The number of carbonyl (C=O) groups is 1. The van der Waals surface area contributed by atoms with Crippen LogP contribution in [0.5, 0.6) is 0 Å². The van der Waals surface area contributed by atoms with Gasteiger partial charge in [0.2, 0.25) is 5.91 Å². The minimum Gasteiger partial charge on any atom is -0.324 e. The molecule has 2 aromatic rings.